The molecule has 11 heteroatoms. The van der Waals surface area contributed by atoms with Crippen molar-refractivity contribution in [1.82, 2.24) is 19.2 Å². The van der Waals surface area contributed by atoms with E-state index in [0.29, 0.717) is 11.1 Å². The highest BCUT2D eigenvalue weighted by molar-refractivity contribution is 7.89. The van der Waals surface area contributed by atoms with E-state index in [1.54, 1.807) is 23.1 Å². The molecule has 0 aliphatic carbocycles. The maximum Gasteiger partial charge on any atom is 0.270 e. The van der Waals surface area contributed by atoms with Crippen LogP contribution in [0.4, 0.5) is 5.69 Å². The molecule has 1 aromatic heterocycles. The standard InChI is InChI=1S/C23H25N5O5S/c1-3-19-20(4-2)25-22-14-16(8-9-21(22)24-19)23(29)26-10-12-27(13-11-26)34(32,33)18-7-5-6-17(15-18)28(30)31/h5-9,14-15H,3-4,10-13H2,1-2H3. The fourth-order valence-corrected chi connectivity index (χ4v) is 5.51. The van der Waals surface area contributed by atoms with Crippen LogP contribution in [0.3, 0.4) is 0 Å². The second kappa shape index (κ2) is 9.43. The number of piperazine rings is 1. The molecule has 0 unspecified atom stereocenters. The normalized spacial score (nSPS) is 14.9. The van der Waals surface area contributed by atoms with Gasteiger partial charge in [-0.25, -0.2) is 18.4 Å². The van der Waals surface area contributed by atoms with Gasteiger partial charge < -0.3 is 4.90 Å². The maximum absolute atomic E-state index is 13.1. The number of carbonyl (C=O) groups is 1. The fourth-order valence-electron chi connectivity index (χ4n) is 4.05. The third-order valence-corrected chi connectivity index (χ3v) is 7.82. The minimum atomic E-state index is -3.90. The van der Waals surface area contributed by atoms with Gasteiger partial charge in [0.05, 0.1) is 32.2 Å². The van der Waals surface area contributed by atoms with E-state index in [0.717, 1.165) is 35.8 Å². The molecule has 4 rings (SSSR count). The Morgan fingerprint density at radius 1 is 0.971 bits per heavy atom. The number of carbonyl (C=O) groups excluding carboxylic acids is 1. The zero-order chi connectivity index (χ0) is 24.5. The molecular weight excluding hydrogens is 458 g/mol. The number of hydrogen-bond acceptors (Lipinski definition) is 7. The van der Waals surface area contributed by atoms with Gasteiger partial charge >= 0.3 is 0 Å². The summed E-state index contributed by atoms with van der Waals surface area (Å²) in [5, 5.41) is 11.0. The van der Waals surface area contributed by atoms with Crippen molar-refractivity contribution < 1.29 is 18.1 Å². The van der Waals surface area contributed by atoms with E-state index in [1.807, 2.05) is 13.8 Å². The number of non-ortho nitro benzene ring substituents is 1. The maximum atomic E-state index is 13.1. The molecule has 0 bridgehead atoms. The zero-order valence-corrected chi connectivity index (χ0v) is 19.8. The van der Waals surface area contributed by atoms with Crippen LogP contribution in [0.2, 0.25) is 0 Å². The fraction of sp³-hybridized carbons (Fsp3) is 0.348. The third kappa shape index (κ3) is 4.48. The molecule has 0 spiro atoms. The van der Waals surface area contributed by atoms with Crippen LogP contribution in [0.15, 0.2) is 47.4 Å². The van der Waals surface area contributed by atoms with Crippen LogP contribution < -0.4 is 0 Å². The van der Waals surface area contributed by atoms with Crippen molar-refractivity contribution in [2.75, 3.05) is 26.2 Å². The number of aryl methyl sites for hydroxylation is 2. The summed E-state index contributed by atoms with van der Waals surface area (Å²) in [5.74, 6) is -0.200. The number of nitro benzene ring substituents is 1. The Bertz CT molecular complexity index is 1370. The number of hydrogen-bond donors (Lipinski definition) is 0. The van der Waals surface area contributed by atoms with Crippen LogP contribution in [-0.2, 0) is 22.9 Å². The van der Waals surface area contributed by atoms with E-state index in [4.69, 9.17) is 0 Å². The molecule has 1 saturated heterocycles. The molecule has 1 aliphatic rings. The molecule has 1 aliphatic heterocycles. The molecule has 0 atom stereocenters. The van der Waals surface area contributed by atoms with Crippen molar-refractivity contribution in [3.8, 4) is 0 Å². The summed E-state index contributed by atoms with van der Waals surface area (Å²) in [4.78, 5) is 34.3. The lowest BCUT2D eigenvalue weighted by atomic mass is 10.1. The molecule has 178 valence electrons. The SMILES string of the molecule is CCc1nc2ccc(C(=O)N3CCN(S(=O)(=O)c4cccc([N+](=O)[O-])c4)CC3)cc2nc1CC. The highest BCUT2D eigenvalue weighted by Crippen LogP contribution is 2.23. The van der Waals surface area contributed by atoms with Gasteiger partial charge in [0.1, 0.15) is 0 Å². The molecule has 34 heavy (non-hydrogen) atoms. The molecule has 1 fully saturated rings. The van der Waals surface area contributed by atoms with Gasteiger partial charge in [-0.3, -0.25) is 14.9 Å². The quantitative estimate of drug-likeness (QED) is 0.390. The topological polar surface area (TPSA) is 127 Å². The summed E-state index contributed by atoms with van der Waals surface area (Å²) in [6.07, 6.45) is 1.54. The summed E-state index contributed by atoms with van der Waals surface area (Å²) in [7, 11) is -3.90. The average Bonchev–Trinajstić information content (AvgIpc) is 2.87. The summed E-state index contributed by atoms with van der Waals surface area (Å²) in [5.41, 5.74) is 3.45. The Morgan fingerprint density at radius 2 is 1.62 bits per heavy atom. The number of rotatable bonds is 6. The summed E-state index contributed by atoms with van der Waals surface area (Å²) in [6, 6.07) is 10.2. The second-order valence-corrected chi connectivity index (χ2v) is 9.92. The predicted molar refractivity (Wildman–Crippen MR) is 126 cm³/mol. The number of nitrogens with zero attached hydrogens (tertiary/aromatic N) is 5. The van der Waals surface area contributed by atoms with E-state index >= 15 is 0 Å². The van der Waals surface area contributed by atoms with Crippen LogP contribution in [0.1, 0.15) is 35.6 Å². The minimum Gasteiger partial charge on any atom is -0.336 e. The van der Waals surface area contributed by atoms with Gasteiger partial charge in [0.15, 0.2) is 0 Å². The van der Waals surface area contributed by atoms with Gasteiger partial charge in [0.2, 0.25) is 10.0 Å². The van der Waals surface area contributed by atoms with E-state index in [9.17, 15) is 23.3 Å². The number of benzene rings is 2. The first kappa shape index (κ1) is 23.7. The molecule has 10 nitrogen and oxygen atoms in total. The molecule has 0 radical (unpaired) electrons. The third-order valence-electron chi connectivity index (χ3n) is 5.93. The van der Waals surface area contributed by atoms with Crippen LogP contribution in [0, 0.1) is 10.1 Å². The first-order chi connectivity index (χ1) is 16.2. The molecule has 1 amide bonds. The molecular formula is C23H25N5O5S. The largest absolute Gasteiger partial charge is 0.336 e. The van der Waals surface area contributed by atoms with E-state index in [1.165, 1.54) is 22.5 Å². The van der Waals surface area contributed by atoms with Crippen molar-refractivity contribution in [1.29, 1.82) is 0 Å². The van der Waals surface area contributed by atoms with Gasteiger partial charge in [-0.2, -0.15) is 4.31 Å². The Morgan fingerprint density at radius 3 is 2.24 bits per heavy atom. The zero-order valence-electron chi connectivity index (χ0n) is 19.0. The van der Waals surface area contributed by atoms with Gasteiger partial charge in [-0.15, -0.1) is 0 Å². The Kier molecular flexibility index (Phi) is 6.58. The monoisotopic (exact) mass is 483 g/mol. The van der Waals surface area contributed by atoms with Crippen LogP contribution in [-0.4, -0.2) is 64.6 Å². The van der Waals surface area contributed by atoms with E-state index in [2.05, 4.69) is 9.97 Å². The molecule has 3 aromatic rings. The predicted octanol–water partition coefficient (Wildman–Crippen LogP) is 2.81. The smallest absolute Gasteiger partial charge is 0.270 e. The molecule has 0 saturated carbocycles. The van der Waals surface area contributed by atoms with Crippen molar-refractivity contribution in [3.05, 3.63) is 69.5 Å². The number of fused-ring (bicyclic) bond motifs is 1. The minimum absolute atomic E-state index is 0.101. The Balaban J connectivity index is 1.49. The van der Waals surface area contributed by atoms with Gasteiger partial charge in [-0.1, -0.05) is 19.9 Å². The van der Waals surface area contributed by atoms with Crippen molar-refractivity contribution in [3.63, 3.8) is 0 Å². The summed E-state index contributed by atoms with van der Waals surface area (Å²) in [6.45, 7) is 4.68. The molecule has 0 N–H and O–H groups in total. The first-order valence-electron chi connectivity index (χ1n) is 11.1. The van der Waals surface area contributed by atoms with Crippen molar-refractivity contribution in [2.45, 2.75) is 31.6 Å². The van der Waals surface area contributed by atoms with Crippen molar-refractivity contribution in [2.24, 2.45) is 0 Å². The van der Waals surface area contributed by atoms with E-state index < -0.39 is 14.9 Å². The van der Waals surface area contributed by atoms with Crippen LogP contribution >= 0.6 is 0 Å². The van der Waals surface area contributed by atoms with Gasteiger partial charge in [-0.05, 0) is 37.1 Å². The Hall–Kier alpha value is -3.44. The number of nitro groups is 1. The number of amides is 1. The lowest BCUT2D eigenvalue weighted by Crippen LogP contribution is -2.50. The lowest BCUT2D eigenvalue weighted by molar-refractivity contribution is -0.385. The average molecular weight is 484 g/mol. The highest BCUT2D eigenvalue weighted by atomic mass is 32.2. The Labute approximate surface area is 197 Å². The second-order valence-electron chi connectivity index (χ2n) is 7.98. The number of aromatic nitrogens is 2. The van der Waals surface area contributed by atoms with Crippen LogP contribution in [0.5, 0.6) is 0 Å². The van der Waals surface area contributed by atoms with Crippen LogP contribution in [0.25, 0.3) is 11.0 Å². The summed E-state index contributed by atoms with van der Waals surface area (Å²) >= 11 is 0. The highest BCUT2D eigenvalue weighted by Gasteiger charge is 2.31. The molecule has 2 aromatic carbocycles. The van der Waals surface area contributed by atoms with Crippen molar-refractivity contribution >= 4 is 32.7 Å². The molecule has 2 heterocycles. The summed E-state index contributed by atoms with van der Waals surface area (Å²) < 4.78 is 27.2. The van der Waals surface area contributed by atoms with Gasteiger partial charge in [0, 0.05) is 43.9 Å². The van der Waals surface area contributed by atoms with Gasteiger partial charge in [0.25, 0.3) is 11.6 Å². The lowest BCUT2D eigenvalue weighted by Gasteiger charge is -2.34. The first-order valence-corrected chi connectivity index (χ1v) is 12.5. The van der Waals surface area contributed by atoms with E-state index in [-0.39, 0.29) is 42.7 Å². The number of sulfonamides is 1.